The number of nitrogen functional groups attached to an aromatic ring is 1. The Kier molecular flexibility index (Phi) is 3.42. The number of anilines is 1. The molecule has 0 spiro atoms. The number of hydrogen-bond donors (Lipinski definition) is 1. The van der Waals surface area contributed by atoms with Gasteiger partial charge in [-0.05, 0) is 36.8 Å². The summed E-state index contributed by atoms with van der Waals surface area (Å²) >= 11 is 0. The first-order chi connectivity index (χ1) is 9.04. The first kappa shape index (κ1) is 13.0. The van der Waals surface area contributed by atoms with Crippen molar-refractivity contribution in [1.29, 1.82) is 0 Å². The summed E-state index contributed by atoms with van der Waals surface area (Å²) in [6, 6.07) is 8.61. The molecule has 0 fully saturated rings. The first-order valence-corrected chi connectivity index (χ1v) is 5.69. The monoisotopic (exact) mass is 257 g/mol. The summed E-state index contributed by atoms with van der Waals surface area (Å²) in [6.07, 6.45) is 0.588. The number of aryl methyl sites for hydroxylation is 1. The minimum atomic E-state index is -0.487. The number of halogens is 1. The molecule has 0 radical (unpaired) electrons. The zero-order valence-electron chi connectivity index (χ0n) is 10.3. The van der Waals surface area contributed by atoms with Gasteiger partial charge in [0, 0.05) is 16.7 Å². The van der Waals surface area contributed by atoms with E-state index >= 15 is 0 Å². The third-order valence-corrected chi connectivity index (χ3v) is 2.96. The Morgan fingerprint density at radius 1 is 1.21 bits per heavy atom. The summed E-state index contributed by atoms with van der Waals surface area (Å²) in [5, 5.41) is 0. The zero-order valence-corrected chi connectivity index (χ0v) is 10.3. The molecule has 0 aliphatic rings. The molecule has 0 aliphatic carbocycles. The van der Waals surface area contributed by atoms with Crippen LogP contribution >= 0.6 is 0 Å². The number of hydrogen-bond acceptors (Lipinski definition) is 3. The Morgan fingerprint density at radius 2 is 1.95 bits per heavy atom. The summed E-state index contributed by atoms with van der Waals surface area (Å²) in [5.41, 5.74) is 7.25. The fourth-order valence-electron chi connectivity index (χ4n) is 1.87. The van der Waals surface area contributed by atoms with E-state index < -0.39 is 11.6 Å². The molecule has 0 amide bonds. The van der Waals surface area contributed by atoms with Gasteiger partial charge in [0.25, 0.3) is 0 Å². The van der Waals surface area contributed by atoms with Gasteiger partial charge in [0.2, 0.25) is 0 Å². The molecule has 19 heavy (non-hydrogen) atoms. The van der Waals surface area contributed by atoms with E-state index in [4.69, 9.17) is 5.73 Å². The summed E-state index contributed by atoms with van der Waals surface area (Å²) in [4.78, 5) is 23.2. The Morgan fingerprint density at radius 3 is 2.63 bits per heavy atom. The van der Waals surface area contributed by atoms with Gasteiger partial charge in [0.15, 0.2) is 12.1 Å². The first-order valence-electron chi connectivity index (χ1n) is 5.69. The van der Waals surface area contributed by atoms with Crippen LogP contribution in [0.15, 0.2) is 36.4 Å². The standard InChI is InChI=1S/C15H12FNO2/c1-9-5-6-11(16)7-13(9)15(19)12-4-2-3-10(8-18)14(12)17/h2-8H,17H2,1H3. The van der Waals surface area contributed by atoms with Gasteiger partial charge >= 0.3 is 0 Å². The van der Waals surface area contributed by atoms with Crippen LogP contribution in [0.1, 0.15) is 31.8 Å². The predicted octanol–water partition coefficient (Wildman–Crippen LogP) is 2.76. The number of ketones is 1. The molecule has 0 saturated carbocycles. The second kappa shape index (κ2) is 5.02. The van der Waals surface area contributed by atoms with E-state index in [1.165, 1.54) is 30.3 Å². The third kappa shape index (κ3) is 2.38. The normalized spacial score (nSPS) is 10.2. The van der Waals surface area contributed by atoms with Crippen LogP contribution in [0.4, 0.5) is 10.1 Å². The molecule has 3 nitrogen and oxygen atoms in total. The highest BCUT2D eigenvalue weighted by Gasteiger charge is 2.16. The van der Waals surface area contributed by atoms with E-state index in [0.29, 0.717) is 11.8 Å². The van der Waals surface area contributed by atoms with Gasteiger partial charge in [-0.3, -0.25) is 9.59 Å². The number of rotatable bonds is 3. The number of nitrogens with two attached hydrogens (primary N) is 1. The molecule has 0 unspecified atom stereocenters. The van der Waals surface area contributed by atoms with Crippen LogP contribution in [0, 0.1) is 12.7 Å². The van der Waals surface area contributed by atoms with Gasteiger partial charge in [-0.25, -0.2) is 4.39 Å². The van der Waals surface area contributed by atoms with E-state index in [1.807, 2.05) is 0 Å². The van der Waals surface area contributed by atoms with E-state index in [-0.39, 0.29) is 22.4 Å². The van der Waals surface area contributed by atoms with E-state index in [1.54, 1.807) is 13.0 Å². The second-order valence-electron chi connectivity index (χ2n) is 4.21. The fraction of sp³-hybridized carbons (Fsp3) is 0.0667. The van der Waals surface area contributed by atoms with Crippen molar-refractivity contribution in [3.05, 3.63) is 64.5 Å². The van der Waals surface area contributed by atoms with Crippen molar-refractivity contribution in [2.24, 2.45) is 0 Å². The molecule has 2 aromatic rings. The topological polar surface area (TPSA) is 60.2 Å². The van der Waals surface area contributed by atoms with Gasteiger partial charge in [-0.2, -0.15) is 0 Å². The number of carbonyl (C=O) groups excluding carboxylic acids is 2. The molecule has 0 bridgehead atoms. The Hall–Kier alpha value is -2.49. The van der Waals surface area contributed by atoms with E-state index in [2.05, 4.69) is 0 Å². The van der Waals surface area contributed by atoms with Gasteiger partial charge in [0.05, 0.1) is 5.69 Å². The average molecular weight is 257 g/mol. The number of benzene rings is 2. The maximum atomic E-state index is 13.2. The van der Waals surface area contributed by atoms with Crippen LogP contribution in [0.25, 0.3) is 0 Å². The molecule has 2 rings (SSSR count). The molecule has 4 heteroatoms. The molecule has 0 aromatic heterocycles. The number of carbonyl (C=O) groups is 2. The van der Waals surface area contributed by atoms with Gasteiger partial charge in [-0.15, -0.1) is 0 Å². The van der Waals surface area contributed by atoms with Gasteiger partial charge in [0.1, 0.15) is 5.82 Å². The molecule has 2 aromatic carbocycles. The van der Waals surface area contributed by atoms with Crippen LogP contribution in [-0.2, 0) is 0 Å². The van der Waals surface area contributed by atoms with Gasteiger partial charge in [-0.1, -0.05) is 12.1 Å². The highest BCUT2D eigenvalue weighted by molar-refractivity contribution is 6.14. The van der Waals surface area contributed by atoms with Crippen LogP contribution in [0.3, 0.4) is 0 Å². The van der Waals surface area contributed by atoms with Crippen molar-refractivity contribution in [3.63, 3.8) is 0 Å². The lowest BCUT2D eigenvalue weighted by atomic mass is 9.96. The lowest BCUT2D eigenvalue weighted by Crippen LogP contribution is -2.09. The second-order valence-corrected chi connectivity index (χ2v) is 4.21. The third-order valence-electron chi connectivity index (χ3n) is 2.96. The molecule has 0 saturated heterocycles. The Labute approximate surface area is 109 Å². The molecule has 0 atom stereocenters. The Bertz CT molecular complexity index is 665. The summed E-state index contributed by atoms with van der Waals surface area (Å²) in [7, 11) is 0. The average Bonchev–Trinajstić information content (AvgIpc) is 2.41. The SMILES string of the molecule is Cc1ccc(F)cc1C(=O)c1cccc(C=O)c1N. The van der Waals surface area contributed by atoms with Crippen LogP contribution in [0.5, 0.6) is 0 Å². The maximum absolute atomic E-state index is 13.2. The minimum Gasteiger partial charge on any atom is -0.398 e. The predicted molar refractivity (Wildman–Crippen MR) is 70.8 cm³/mol. The largest absolute Gasteiger partial charge is 0.398 e. The maximum Gasteiger partial charge on any atom is 0.195 e. The lowest BCUT2D eigenvalue weighted by molar-refractivity contribution is 0.103. The molecule has 96 valence electrons. The summed E-state index contributed by atoms with van der Waals surface area (Å²) in [6.45, 7) is 1.71. The van der Waals surface area contributed by atoms with Crippen molar-refractivity contribution in [2.75, 3.05) is 5.73 Å². The van der Waals surface area contributed by atoms with Crippen molar-refractivity contribution in [3.8, 4) is 0 Å². The summed E-state index contributed by atoms with van der Waals surface area (Å²) in [5.74, 6) is -0.878. The zero-order chi connectivity index (χ0) is 14.0. The van der Waals surface area contributed by atoms with E-state index in [9.17, 15) is 14.0 Å². The van der Waals surface area contributed by atoms with Crippen molar-refractivity contribution in [2.45, 2.75) is 6.92 Å². The molecule has 2 N–H and O–H groups in total. The smallest absolute Gasteiger partial charge is 0.195 e. The minimum absolute atomic E-state index is 0.117. The molecular weight excluding hydrogens is 245 g/mol. The molecular formula is C15H12FNO2. The van der Waals surface area contributed by atoms with Crippen molar-refractivity contribution in [1.82, 2.24) is 0 Å². The van der Waals surface area contributed by atoms with Crippen molar-refractivity contribution >= 4 is 17.8 Å². The van der Waals surface area contributed by atoms with Crippen LogP contribution < -0.4 is 5.73 Å². The van der Waals surface area contributed by atoms with Crippen molar-refractivity contribution < 1.29 is 14.0 Å². The van der Waals surface area contributed by atoms with Gasteiger partial charge < -0.3 is 5.73 Å². The highest BCUT2D eigenvalue weighted by Crippen LogP contribution is 2.22. The quantitative estimate of drug-likeness (QED) is 0.522. The lowest BCUT2D eigenvalue weighted by Gasteiger charge is -2.09. The fourth-order valence-corrected chi connectivity index (χ4v) is 1.87. The number of para-hydroxylation sites is 1. The molecule has 0 aliphatic heterocycles. The van der Waals surface area contributed by atoms with E-state index in [0.717, 1.165) is 0 Å². The summed E-state index contributed by atoms with van der Waals surface area (Å²) < 4.78 is 13.2. The van der Waals surface area contributed by atoms with Crippen LogP contribution in [0.2, 0.25) is 0 Å². The molecule has 0 heterocycles. The highest BCUT2D eigenvalue weighted by atomic mass is 19.1. The number of aldehydes is 1. The van der Waals surface area contributed by atoms with Crippen LogP contribution in [-0.4, -0.2) is 12.1 Å². The Balaban J connectivity index is 2.56.